The van der Waals surface area contributed by atoms with E-state index >= 15 is 0 Å². The van der Waals surface area contributed by atoms with Gasteiger partial charge in [0.1, 0.15) is 0 Å². The molecule has 1 aromatic rings. The van der Waals surface area contributed by atoms with Gasteiger partial charge in [-0.2, -0.15) is 0 Å². The van der Waals surface area contributed by atoms with Crippen molar-refractivity contribution in [2.45, 2.75) is 19.4 Å². The maximum absolute atomic E-state index is 12.3. The molecule has 27 heavy (non-hydrogen) atoms. The zero-order chi connectivity index (χ0) is 20.0. The van der Waals surface area contributed by atoms with Crippen LogP contribution in [0.5, 0.6) is 0 Å². The number of nitro benzene ring substituents is 1. The van der Waals surface area contributed by atoms with Gasteiger partial charge in [-0.15, -0.1) is 0 Å². The van der Waals surface area contributed by atoms with Crippen LogP contribution in [0.1, 0.15) is 28.8 Å². The van der Waals surface area contributed by atoms with Gasteiger partial charge in [0, 0.05) is 19.2 Å². The molecule has 1 atom stereocenters. The van der Waals surface area contributed by atoms with Crippen molar-refractivity contribution in [3.8, 4) is 0 Å². The Morgan fingerprint density at radius 1 is 1.41 bits per heavy atom. The number of likely N-dealkylation sites (tertiary alicyclic amines) is 1. The molecule has 2 rings (SSSR count). The van der Waals surface area contributed by atoms with E-state index in [1.54, 1.807) is 10.9 Å². The Bertz CT molecular complexity index is 758. The molecule has 1 heterocycles. The van der Waals surface area contributed by atoms with Crippen LogP contribution in [0.2, 0.25) is 0 Å². The first-order valence-corrected chi connectivity index (χ1v) is 8.70. The molecule has 1 aromatic carbocycles. The summed E-state index contributed by atoms with van der Waals surface area (Å²) in [5.74, 6) is -0.899. The van der Waals surface area contributed by atoms with Crippen LogP contribution >= 0.6 is 0 Å². The molecule has 0 aliphatic carbocycles. The number of ether oxygens (including phenoxy) is 1. The maximum Gasteiger partial charge on any atom is 0.338 e. The quantitative estimate of drug-likeness (QED) is 0.198. The summed E-state index contributed by atoms with van der Waals surface area (Å²) in [4.78, 5) is 37.2. The third-order valence-corrected chi connectivity index (χ3v) is 4.48. The smallest absolute Gasteiger partial charge is 0.338 e. The number of amides is 1. The Hall–Kier alpha value is -2.81. The lowest BCUT2D eigenvalue weighted by atomic mass is 9.96. The molecule has 0 bridgehead atoms. The Kier molecular flexibility index (Phi) is 7.00. The predicted molar refractivity (Wildman–Crippen MR) is 98.8 cm³/mol. The lowest BCUT2D eigenvalue weighted by molar-refractivity contribution is -0.461. The molecule has 1 amide bonds. The van der Waals surface area contributed by atoms with E-state index in [-0.39, 0.29) is 29.6 Å². The van der Waals surface area contributed by atoms with Gasteiger partial charge in [0.25, 0.3) is 5.69 Å². The molecule has 1 aliphatic rings. The number of benzene rings is 1. The number of piperidine rings is 1. The Morgan fingerprint density at radius 3 is 2.78 bits per heavy atom. The number of rotatable bonds is 6. The number of methoxy groups -OCH3 is 1. The van der Waals surface area contributed by atoms with Crippen LogP contribution in [0.4, 0.5) is 5.69 Å². The van der Waals surface area contributed by atoms with Crippen molar-refractivity contribution < 1.29 is 23.8 Å². The van der Waals surface area contributed by atoms with Crippen molar-refractivity contribution >= 4 is 23.9 Å². The fourth-order valence-electron chi connectivity index (χ4n) is 3.16. The summed E-state index contributed by atoms with van der Waals surface area (Å²) in [6.07, 6.45) is 3.15. The number of nitro groups is 1. The van der Waals surface area contributed by atoms with E-state index in [9.17, 15) is 19.7 Å². The van der Waals surface area contributed by atoms with Crippen molar-refractivity contribution in [3.05, 3.63) is 39.4 Å². The third-order valence-electron chi connectivity index (χ3n) is 4.48. The van der Waals surface area contributed by atoms with E-state index in [2.05, 4.69) is 5.32 Å². The highest BCUT2D eigenvalue weighted by atomic mass is 16.6. The third kappa shape index (κ3) is 5.33. The molecule has 1 aliphatic heterocycles. The number of esters is 1. The molecule has 0 unspecified atom stereocenters. The monoisotopic (exact) mass is 377 g/mol. The molecule has 0 aromatic heterocycles. The van der Waals surface area contributed by atoms with Gasteiger partial charge in [0.05, 0.1) is 43.2 Å². The van der Waals surface area contributed by atoms with Gasteiger partial charge < -0.3 is 4.74 Å². The fraction of sp³-hybridized carbons (Fsp3) is 0.500. The van der Waals surface area contributed by atoms with Crippen LogP contribution < -0.4 is 5.32 Å². The number of hydrogen-bond acceptors (Lipinski definition) is 6. The van der Waals surface area contributed by atoms with Gasteiger partial charge in [-0.25, -0.2) is 14.9 Å². The van der Waals surface area contributed by atoms with Gasteiger partial charge in [-0.05, 0) is 25.5 Å². The van der Waals surface area contributed by atoms with Crippen molar-refractivity contribution in [3.63, 3.8) is 0 Å². The van der Waals surface area contributed by atoms with Gasteiger partial charge >= 0.3 is 11.9 Å². The second-order valence-corrected chi connectivity index (χ2v) is 6.73. The average molecular weight is 377 g/mol. The van der Waals surface area contributed by atoms with Crippen LogP contribution in [0.15, 0.2) is 18.2 Å². The molecule has 9 nitrogen and oxygen atoms in total. The van der Waals surface area contributed by atoms with Crippen molar-refractivity contribution in [2.75, 3.05) is 34.3 Å². The number of carbonyl (C=O) groups is 2. The first-order chi connectivity index (χ1) is 12.8. The molecule has 1 saturated heterocycles. The molecule has 0 spiro atoms. The highest BCUT2D eigenvalue weighted by molar-refractivity contribution is 5.92. The minimum absolute atomic E-state index is 0.0795. The molecular weight excluding hydrogens is 352 g/mol. The minimum Gasteiger partial charge on any atom is -0.465 e. The predicted octanol–water partition coefficient (Wildman–Crippen LogP) is 1.01. The summed E-state index contributed by atoms with van der Waals surface area (Å²) in [6, 6.07) is 4.37. The Balaban J connectivity index is 2.20. The Morgan fingerprint density at radius 2 is 2.15 bits per heavy atom. The number of nitrogens with one attached hydrogen (secondary N) is 1. The summed E-state index contributed by atoms with van der Waals surface area (Å²) in [5.41, 5.74) is 0.375. The van der Waals surface area contributed by atoms with Crippen LogP contribution in [-0.4, -0.2) is 66.9 Å². The van der Waals surface area contributed by atoms with E-state index in [1.807, 2.05) is 19.0 Å². The molecule has 0 radical (unpaired) electrons. The van der Waals surface area contributed by atoms with Crippen LogP contribution in [0.3, 0.4) is 0 Å². The fourth-order valence-corrected chi connectivity index (χ4v) is 3.16. The van der Waals surface area contributed by atoms with E-state index in [1.165, 1.54) is 25.3 Å². The molecule has 9 heteroatoms. The highest BCUT2D eigenvalue weighted by Gasteiger charge is 2.30. The normalized spacial score (nSPS) is 17.1. The van der Waals surface area contributed by atoms with Crippen LogP contribution in [0.25, 0.3) is 0 Å². The Labute approximate surface area is 157 Å². The van der Waals surface area contributed by atoms with E-state index in [0.29, 0.717) is 18.7 Å². The highest BCUT2D eigenvalue weighted by Crippen LogP contribution is 2.27. The zero-order valence-corrected chi connectivity index (χ0v) is 15.8. The number of nitrogens with zero attached hydrogens (tertiary/aromatic N) is 3. The number of hydrogen-bond donors (Lipinski definition) is 1. The van der Waals surface area contributed by atoms with Crippen LogP contribution in [-0.2, 0) is 16.1 Å². The summed E-state index contributed by atoms with van der Waals surface area (Å²) in [7, 11) is 4.88. The SMILES string of the molecule is COC(=O)c1cccc([N+](=O)[O-])c1CN1CCC[C@H](C(=O)NC=[N+](C)C)C1. The van der Waals surface area contributed by atoms with Gasteiger partial charge in [-0.3, -0.25) is 19.6 Å². The summed E-state index contributed by atoms with van der Waals surface area (Å²) < 4.78 is 6.51. The first-order valence-electron chi connectivity index (χ1n) is 8.70. The minimum atomic E-state index is -0.611. The second-order valence-electron chi connectivity index (χ2n) is 6.73. The van der Waals surface area contributed by atoms with Gasteiger partial charge in [0.15, 0.2) is 0 Å². The van der Waals surface area contributed by atoms with Crippen LogP contribution in [0, 0.1) is 16.0 Å². The molecule has 1 fully saturated rings. The standard InChI is InChI=1S/C18H24N4O5/c1-20(2)12-19-17(23)13-6-5-9-21(10-13)11-15-14(18(24)27-3)7-4-8-16(15)22(25)26/h4,7-8,12-13H,5-6,9-11H2,1-3H3/p+1/t13-/m0/s1. The van der Waals surface area contributed by atoms with Crippen molar-refractivity contribution in [2.24, 2.45) is 5.92 Å². The van der Waals surface area contributed by atoms with Gasteiger partial charge in [0.2, 0.25) is 6.34 Å². The van der Waals surface area contributed by atoms with Gasteiger partial charge in [-0.1, -0.05) is 6.07 Å². The molecule has 146 valence electrons. The molecule has 1 N–H and O–H groups in total. The average Bonchev–Trinajstić information content (AvgIpc) is 2.65. The lowest BCUT2D eigenvalue weighted by Crippen LogP contribution is -2.43. The number of carbonyl (C=O) groups excluding carboxylic acids is 2. The zero-order valence-electron chi connectivity index (χ0n) is 15.8. The van der Waals surface area contributed by atoms with E-state index in [4.69, 9.17) is 4.74 Å². The van der Waals surface area contributed by atoms with E-state index in [0.717, 1.165) is 12.8 Å². The molecule has 0 saturated carbocycles. The largest absolute Gasteiger partial charge is 0.465 e. The van der Waals surface area contributed by atoms with Crippen molar-refractivity contribution in [1.29, 1.82) is 0 Å². The van der Waals surface area contributed by atoms with E-state index < -0.39 is 10.9 Å². The summed E-state index contributed by atoms with van der Waals surface area (Å²) in [5, 5.41) is 14.2. The molecular formula is C18H25N4O5+. The summed E-state index contributed by atoms with van der Waals surface area (Å²) in [6.45, 7) is 1.39. The summed E-state index contributed by atoms with van der Waals surface area (Å²) >= 11 is 0. The topological polar surface area (TPSA) is 105 Å². The van der Waals surface area contributed by atoms with Crippen molar-refractivity contribution in [1.82, 2.24) is 10.2 Å². The first kappa shape index (κ1) is 20.5. The lowest BCUT2D eigenvalue weighted by Gasteiger charge is -2.31. The maximum atomic E-state index is 12.3. The second kappa shape index (κ2) is 9.22.